The van der Waals surface area contributed by atoms with Crippen molar-refractivity contribution in [3.8, 4) is 0 Å². The number of benzene rings is 2. The molecule has 0 atom stereocenters. The predicted octanol–water partition coefficient (Wildman–Crippen LogP) is 4.71. The van der Waals surface area contributed by atoms with E-state index in [1.807, 2.05) is 81.4 Å². The molecule has 2 N–H and O–H groups in total. The summed E-state index contributed by atoms with van der Waals surface area (Å²) in [6.07, 6.45) is 2.30. The van der Waals surface area contributed by atoms with Gasteiger partial charge in [0, 0.05) is 23.6 Å². The van der Waals surface area contributed by atoms with Crippen molar-refractivity contribution in [2.24, 2.45) is 5.10 Å². The molecule has 3 aromatic rings. The summed E-state index contributed by atoms with van der Waals surface area (Å²) in [5.41, 5.74) is 6.94. The number of rotatable bonds is 6. The summed E-state index contributed by atoms with van der Waals surface area (Å²) in [7, 11) is 0. The topological polar surface area (TPSA) is 83.7 Å². The zero-order valence-corrected chi connectivity index (χ0v) is 19.2. The molecular weight excluding hydrogens is 414 g/mol. The first-order chi connectivity index (χ1) is 16.0. The van der Waals surface area contributed by atoms with Gasteiger partial charge >= 0.3 is 0 Å². The van der Waals surface area contributed by atoms with Gasteiger partial charge in [0.15, 0.2) is 5.76 Å². The third-order valence-corrected chi connectivity index (χ3v) is 5.78. The Morgan fingerprint density at radius 3 is 2.12 bits per heavy atom. The van der Waals surface area contributed by atoms with Crippen molar-refractivity contribution >= 4 is 17.5 Å². The van der Waals surface area contributed by atoms with Crippen LogP contribution in [0.4, 0.5) is 0 Å². The summed E-state index contributed by atoms with van der Waals surface area (Å²) in [6, 6.07) is 19.4. The molecule has 4 rings (SSSR count). The summed E-state index contributed by atoms with van der Waals surface area (Å²) in [4.78, 5) is 25.9. The molecule has 0 bridgehead atoms. The minimum atomic E-state index is -0.474. The Hall–Kier alpha value is -3.67. The van der Waals surface area contributed by atoms with E-state index in [1.54, 1.807) is 0 Å². The molecule has 0 saturated heterocycles. The Morgan fingerprint density at radius 1 is 0.939 bits per heavy atom. The number of nitrogens with zero attached hydrogens (tertiary/aromatic N) is 1. The first-order valence-electron chi connectivity index (χ1n) is 11.4. The van der Waals surface area contributed by atoms with Crippen molar-refractivity contribution < 1.29 is 14.0 Å². The highest BCUT2D eigenvalue weighted by molar-refractivity contribution is 6.07. The average Bonchev–Trinajstić information content (AvgIpc) is 3.16. The average molecular weight is 444 g/mol. The second-order valence-electron chi connectivity index (χ2n) is 8.63. The fraction of sp³-hybridized carbons (Fsp3) is 0.296. The number of carbonyl (C=O) groups is 2. The highest BCUT2D eigenvalue weighted by Gasteiger charge is 2.29. The predicted molar refractivity (Wildman–Crippen MR) is 128 cm³/mol. The van der Waals surface area contributed by atoms with Gasteiger partial charge in [0.1, 0.15) is 5.76 Å². The van der Waals surface area contributed by atoms with Crippen LogP contribution in [0.15, 0.2) is 70.2 Å². The molecule has 1 aliphatic carbocycles. The monoisotopic (exact) mass is 443 g/mol. The summed E-state index contributed by atoms with van der Waals surface area (Å²) < 4.78 is 5.92. The zero-order valence-electron chi connectivity index (χ0n) is 19.2. The smallest absolute Gasteiger partial charge is 0.287 e. The molecule has 1 aromatic heterocycles. The van der Waals surface area contributed by atoms with E-state index in [0.717, 1.165) is 46.6 Å². The van der Waals surface area contributed by atoms with Crippen LogP contribution in [0.25, 0.3) is 0 Å². The number of aryl methyl sites for hydroxylation is 1. The quantitative estimate of drug-likeness (QED) is 0.541. The van der Waals surface area contributed by atoms with Gasteiger partial charge in [-0.3, -0.25) is 9.59 Å². The van der Waals surface area contributed by atoms with Gasteiger partial charge in [-0.15, -0.1) is 0 Å². The molecule has 1 heterocycles. The van der Waals surface area contributed by atoms with Crippen molar-refractivity contribution in [3.05, 3.63) is 94.4 Å². The number of hydrogen-bond acceptors (Lipinski definition) is 4. The van der Waals surface area contributed by atoms with E-state index in [-0.39, 0.29) is 17.9 Å². The van der Waals surface area contributed by atoms with Gasteiger partial charge in [-0.1, -0.05) is 60.7 Å². The molecule has 0 unspecified atom stereocenters. The van der Waals surface area contributed by atoms with Crippen molar-refractivity contribution in [3.63, 3.8) is 0 Å². The Morgan fingerprint density at radius 2 is 1.55 bits per heavy atom. The van der Waals surface area contributed by atoms with E-state index < -0.39 is 5.92 Å². The normalized spacial score (nSPS) is 14.4. The third kappa shape index (κ3) is 4.90. The number of hydrogen-bond donors (Lipinski definition) is 2. The standard InChI is InChI=1S/C27H29N3O3/c1-17(2)28-27(32)25-18(3)23-21(15-10-16-22(23)33-25)29-30-26(31)24(19-11-6-4-7-12-19)20-13-8-5-9-14-20/h4-9,11-14,17,24H,10,15-16H2,1-3H3,(H,28,32)(H,30,31)/b29-21+. The number of furan rings is 1. The van der Waals surface area contributed by atoms with Crippen LogP contribution < -0.4 is 10.7 Å². The minimum absolute atomic E-state index is 0.0133. The molecule has 2 amide bonds. The van der Waals surface area contributed by atoms with Gasteiger partial charge in [0.25, 0.3) is 11.8 Å². The zero-order chi connectivity index (χ0) is 23.4. The lowest BCUT2D eigenvalue weighted by molar-refractivity contribution is -0.121. The van der Waals surface area contributed by atoms with Crippen molar-refractivity contribution in [2.75, 3.05) is 0 Å². The van der Waals surface area contributed by atoms with E-state index >= 15 is 0 Å². The molecule has 33 heavy (non-hydrogen) atoms. The SMILES string of the molecule is Cc1c(C(=O)NC(C)C)oc2c1/C(=N/NC(=O)C(c1ccccc1)c1ccccc1)CCC2. The molecule has 0 fully saturated rings. The van der Waals surface area contributed by atoms with E-state index in [4.69, 9.17) is 4.42 Å². The lowest BCUT2D eigenvalue weighted by Gasteiger charge is -2.18. The van der Waals surface area contributed by atoms with E-state index in [0.29, 0.717) is 12.2 Å². The number of hydrazone groups is 1. The number of fused-ring (bicyclic) bond motifs is 1. The van der Waals surface area contributed by atoms with Gasteiger partial charge in [0.05, 0.1) is 11.6 Å². The van der Waals surface area contributed by atoms with Crippen LogP contribution in [0.2, 0.25) is 0 Å². The van der Waals surface area contributed by atoms with Crippen LogP contribution in [-0.4, -0.2) is 23.6 Å². The second kappa shape index (κ2) is 9.86. The maximum atomic E-state index is 13.3. The van der Waals surface area contributed by atoms with Crippen LogP contribution in [0.3, 0.4) is 0 Å². The molecule has 0 saturated carbocycles. The maximum absolute atomic E-state index is 13.3. The van der Waals surface area contributed by atoms with Gasteiger partial charge in [-0.05, 0) is 44.7 Å². The van der Waals surface area contributed by atoms with Crippen molar-refractivity contribution in [2.45, 2.75) is 52.0 Å². The number of nitrogens with one attached hydrogen (secondary N) is 2. The lowest BCUT2D eigenvalue weighted by Crippen LogP contribution is -2.30. The number of amides is 2. The highest BCUT2D eigenvalue weighted by atomic mass is 16.4. The van der Waals surface area contributed by atoms with Crippen LogP contribution in [-0.2, 0) is 11.2 Å². The molecule has 0 radical (unpaired) electrons. The largest absolute Gasteiger partial charge is 0.455 e. The fourth-order valence-electron chi connectivity index (χ4n) is 4.30. The summed E-state index contributed by atoms with van der Waals surface area (Å²) >= 11 is 0. The first kappa shape index (κ1) is 22.5. The molecular formula is C27H29N3O3. The molecule has 6 nitrogen and oxygen atoms in total. The Balaban J connectivity index is 1.62. The van der Waals surface area contributed by atoms with Gasteiger partial charge in [0.2, 0.25) is 0 Å². The number of carbonyl (C=O) groups excluding carboxylic acids is 2. The summed E-state index contributed by atoms with van der Waals surface area (Å²) in [5.74, 6) is 0.168. The summed E-state index contributed by atoms with van der Waals surface area (Å²) in [5, 5.41) is 7.40. The van der Waals surface area contributed by atoms with E-state index in [1.165, 1.54) is 0 Å². The molecule has 170 valence electrons. The maximum Gasteiger partial charge on any atom is 0.287 e. The van der Waals surface area contributed by atoms with E-state index in [2.05, 4.69) is 15.8 Å². The summed E-state index contributed by atoms with van der Waals surface area (Å²) in [6.45, 7) is 5.69. The fourth-order valence-corrected chi connectivity index (χ4v) is 4.30. The van der Waals surface area contributed by atoms with Gasteiger partial charge < -0.3 is 9.73 Å². The second-order valence-corrected chi connectivity index (χ2v) is 8.63. The highest BCUT2D eigenvalue weighted by Crippen LogP contribution is 2.30. The molecule has 6 heteroatoms. The van der Waals surface area contributed by atoms with Gasteiger partial charge in [-0.25, -0.2) is 5.43 Å². The Labute approximate surface area is 194 Å². The van der Waals surface area contributed by atoms with E-state index in [9.17, 15) is 9.59 Å². The van der Waals surface area contributed by atoms with Crippen LogP contribution in [0.5, 0.6) is 0 Å². The first-order valence-corrected chi connectivity index (χ1v) is 11.4. The van der Waals surface area contributed by atoms with Crippen LogP contribution in [0, 0.1) is 6.92 Å². The Kier molecular flexibility index (Phi) is 6.73. The lowest BCUT2D eigenvalue weighted by atomic mass is 9.90. The van der Waals surface area contributed by atoms with Crippen molar-refractivity contribution in [1.82, 2.24) is 10.7 Å². The van der Waals surface area contributed by atoms with Crippen LogP contribution in [0.1, 0.15) is 71.2 Å². The third-order valence-electron chi connectivity index (χ3n) is 5.78. The van der Waals surface area contributed by atoms with Gasteiger partial charge in [-0.2, -0.15) is 5.10 Å². The minimum Gasteiger partial charge on any atom is -0.455 e. The van der Waals surface area contributed by atoms with Crippen molar-refractivity contribution in [1.29, 1.82) is 0 Å². The molecule has 2 aromatic carbocycles. The van der Waals surface area contributed by atoms with Crippen LogP contribution >= 0.6 is 0 Å². The molecule has 0 spiro atoms. The Bertz CT molecular complexity index is 1120. The molecule has 1 aliphatic rings. The molecule has 0 aliphatic heterocycles.